The zero-order valence-electron chi connectivity index (χ0n) is 5.46. The number of oxime groups is 1. The molecule has 0 spiro atoms. The third-order valence-electron chi connectivity index (χ3n) is 1.09. The maximum atomic E-state index is 8.18. The van der Waals surface area contributed by atoms with Crippen LogP contribution in [0.4, 0.5) is 0 Å². The lowest BCUT2D eigenvalue weighted by Gasteiger charge is -1.94. The van der Waals surface area contributed by atoms with Crippen molar-refractivity contribution in [2.75, 3.05) is 0 Å². The zero-order chi connectivity index (χ0) is 8.27. The minimum absolute atomic E-state index is 0.521. The van der Waals surface area contributed by atoms with Crippen LogP contribution in [0.1, 0.15) is 5.56 Å². The number of rotatable bonds is 1. The van der Waals surface area contributed by atoms with Crippen molar-refractivity contribution in [2.24, 2.45) is 5.16 Å². The molecule has 0 atom stereocenters. The van der Waals surface area contributed by atoms with E-state index in [1.165, 1.54) is 6.21 Å². The molecule has 2 nitrogen and oxygen atoms in total. The summed E-state index contributed by atoms with van der Waals surface area (Å²) in [4.78, 5) is 0. The molecule has 11 heavy (non-hydrogen) atoms. The van der Waals surface area contributed by atoms with Crippen LogP contribution in [0.15, 0.2) is 23.4 Å². The number of hydrogen-bond acceptors (Lipinski definition) is 2. The van der Waals surface area contributed by atoms with Crippen LogP contribution in [0, 0.1) is 0 Å². The average molecular weight is 190 g/mol. The van der Waals surface area contributed by atoms with E-state index in [9.17, 15) is 0 Å². The Morgan fingerprint density at radius 1 is 1.18 bits per heavy atom. The summed E-state index contributed by atoms with van der Waals surface area (Å²) in [6.45, 7) is 0. The number of benzene rings is 1. The lowest BCUT2D eigenvalue weighted by Crippen LogP contribution is -1.80. The summed E-state index contributed by atoms with van der Waals surface area (Å²) >= 11 is 11.3. The van der Waals surface area contributed by atoms with E-state index in [0.717, 1.165) is 0 Å². The van der Waals surface area contributed by atoms with Crippen molar-refractivity contribution >= 4 is 29.4 Å². The molecule has 0 unspecified atom stereocenters. The Bertz CT molecular complexity index is 266. The van der Waals surface area contributed by atoms with Crippen molar-refractivity contribution in [1.82, 2.24) is 0 Å². The van der Waals surface area contributed by atoms with Gasteiger partial charge >= 0.3 is 0 Å². The lowest BCUT2D eigenvalue weighted by molar-refractivity contribution is 0.322. The van der Waals surface area contributed by atoms with Gasteiger partial charge in [-0.15, -0.1) is 0 Å². The molecule has 0 radical (unpaired) electrons. The van der Waals surface area contributed by atoms with Gasteiger partial charge in [-0.25, -0.2) is 0 Å². The van der Waals surface area contributed by atoms with Crippen LogP contribution in [-0.2, 0) is 0 Å². The molecule has 0 aliphatic carbocycles. The first-order valence-corrected chi connectivity index (χ1v) is 3.61. The van der Waals surface area contributed by atoms with Gasteiger partial charge in [-0.3, -0.25) is 0 Å². The summed E-state index contributed by atoms with van der Waals surface area (Å²) in [7, 11) is 0. The van der Waals surface area contributed by atoms with E-state index in [2.05, 4.69) is 5.16 Å². The normalized spacial score (nSPS) is 10.7. The number of hydrogen-bond donors (Lipinski definition) is 1. The van der Waals surface area contributed by atoms with Crippen molar-refractivity contribution in [3.63, 3.8) is 0 Å². The molecule has 1 N–H and O–H groups in total. The predicted molar refractivity (Wildman–Crippen MR) is 45.8 cm³/mol. The molecule has 0 aliphatic rings. The third kappa shape index (κ3) is 2.41. The first kappa shape index (κ1) is 8.37. The van der Waals surface area contributed by atoms with Crippen molar-refractivity contribution < 1.29 is 5.21 Å². The van der Waals surface area contributed by atoms with E-state index >= 15 is 0 Å². The summed E-state index contributed by atoms with van der Waals surface area (Å²) in [6.07, 6.45) is 1.26. The van der Waals surface area contributed by atoms with Gasteiger partial charge in [-0.05, 0) is 23.8 Å². The Morgan fingerprint density at radius 3 is 2.18 bits per heavy atom. The maximum absolute atomic E-state index is 8.18. The Balaban J connectivity index is 3.08. The van der Waals surface area contributed by atoms with Crippen LogP contribution in [0.25, 0.3) is 0 Å². The second-order valence-electron chi connectivity index (χ2n) is 1.95. The van der Waals surface area contributed by atoms with E-state index in [-0.39, 0.29) is 0 Å². The topological polar surface area (TPSA) is 32.6 Å². The smallest absolute Gasteiger partial charge is 0.0734 e. The minimum atomic E-state index is 0.521. The summed E-state index contributed by atoms with van der Waals surface area (Å²) in [5.74, 6) is 0. The van der Waals surface area contributed by atoms with Gasteiger partial charge in [0.2, 0.25) is 0 Å². The van der Waals surface area contributed by atoms with Crippen LogP contribution < -0.4 is 0 Å². The summed E-state index contributed by atoms with van der Waals surface area (Å²) in [5.41, 5.74) is 0.671. The molecule has 1 rings (SSSR count). The predicted octanol–water partition coefficient (Wildman–Crippen LogP) is 2.80. The summed E-state index contributed by atoms with van der Waals surface area (Å²) in [5, 5.41) is 12.1. The maximum Gasteiger partial charge on any atom is 0.0734 e. The molecular weight excluding hydrogens is 185 g/mol. The Kier molecular flexibility index (Phi) is 2.74. The molecule has 0 amide bonds. The number of nitrogens with zero attached hydrogens (tertiary/aromatic N) is 1. The molecule has 1 aromatic carbocycles. The fourth-order valence-corrected chi connectivity index (χ4v) is 1.26. The monoisotopic (exact) mass is 189 g/mol. The molecule has 4 heteroatoms. The van der Waals surface area contributed by atoms with Gasteiger partial charge in [0, 0.05) is 10.0 Å². The van der Waals surface area contributed by atoms with Gasteiger partial charge in [0.05, 0.1) is 6.21 Å². The highest BCUT2D eigenvalue weighted by Crippen LogP contribution is 2.17. The van der Waals surface area contributed by atoms with Crippen molar-refractivity contribution in [1.29, 1.82) is 0 Å². The van der Waals surface area contributed by atoms with E-state index in [1.54, 1.807) is 18.2 Å². The highest BCUT2D eigenvalue weighted by molar-refractivity contribution is 6.35. The molecule has 58 valence electrons. The molecule has 0 fully saturated rings. The van der Waals surface area contributed by atoms with Crippen LogP contribution in [0.3, 0.4) is 0 Å². The highest BCUT2D eigenvalue weighted by atomic mass is 35.5. The first-order chi connectivity index (χ1) is 5.22. The summed E-state index contributed by atoms with van der Waals surface area (Å²) in [6, 6.07) is 4.90. The van der Waals surface area contributed by atoms with Gasteiger partial charge in [-0.2, -0.15) is 0 Å². The second-order valence-corrected chi connectivity index (χ2v) is 2.82. The molecule has 0 bridgehead atoms. The van der Waals surface area contributed by atoms with Crippen molar-refractivity contribution in [3.8, 4) is 0 Å². The van der Waals surface area contributed by atoms with E-state index in [0.29, 0.717) is 15.6 Å². The molecular formula is C7H5Cl2NO. The quantitative estimate of drug-likeness (QED) is 0.412. The van der Waals surface area contributed by atoms with Crippen LogP contribution in [-0.4, -0.2) is 11.4 Å². The first-order valence-electron chi connectivity index (χ1n) is 2.86. The van der Waals surface area contributed by atoms with Crippen molar-refractivity contribution in [2.45, 2.75) is 0 Å². The van der Waals surface area contributed by atoms with Gasteiger partial charge in [0.15, 0.2) is 0 Å². The molecule has 0 saturated carbocycles. The van der Waals surface area contributed by atoms with Crippen LogP contribution >= 0.6 is 23.2 Å². The Morgan fingerprint density at radius 2 is 1.73 bits per heavy atom. The van der Waals surface area contributed by atoms with Gasteiger partial charge in [0.1, 0.15) is 0 Å². The number of halogens is 2. The van der Waals surface area contributed by atoms with E-state index in [1.807, 2.05) is 0 Å². The SMILES string of the molecule is ON=Cc1cc(Cl)cc(Cl)c1. The summed E-state index contributed by atoms with van der Waals surface area (Å²) < 4.78 is 0. The molecule has 0 aromatic heterocycles. The molecule has 0 saturated heterocycles. The second kappa shape index (κ2) is 3.60. The fraction of sp³-hybridized carbons (Fsp3) is 0. The fourth-order valence-electron chi connectivity index (χ4n) is 0.716. The highest BCUT2D eigenvalue weighted by Gasteiger charge is 1.94. The molecule has 0 heterocycles. The average Bonchev–Trinajstić information content (AvgIpc) is 1.85. The van der Waals surface area contributed by atoms with Crippen LogP contribution in [0.5, 0.6) is 0 Å². The molecule has 0 aliphatic heterocycles. The Labute approximate surface area is 74.0 Å². The van der Waals surface area contributed by atoms with E-state index in [4.69, 9.17) is 28.4 Å². The van der Waals surface area contributed by atoms with Crippen molar-refractivity contribution in [3.05, 3.63) is 33.8 Å². The standard InChI is InChI=1S/C7H5Cl2NO/c8-6-1-5(4-10-11)2-7(9)3-6/h1-4,11H. The van der Waals surface area contributed by atoms with Gasteiger partial charge in [-0.1, -0.05) is 28.4 Å². The van der Waals surface area contributed by atoms with Crippen LogP contribution in [0.2, 0.25) is 10.0 Å². The van der Waals surface area contributed by atoms with Gasteiger partial charge < -0.3 is 5.21 Å². The Hall–Kier alpha value is -0.730. The zero-order valence-corrected chi connectivity index (χ0v) is 6.97. The lowest BCUT2D eigenvalue weighted by atomic mass is 10.2. The van der Waals surface area contributed by atoms with Gasteiger partial charge in [0.25, 0.3) is 0 Å². The minimum Gasteiger partial charge on any atom is -0.411 e. The third-order valence-corrected chi connectivity index (χ3v) is 1.53. The largest absolute Gasteiger partial charge is 0.411 e. The molecule has 1 aromatic rings. The van der Waals surface area contributed by atoms with E-state index < -0.39 is 0 Å².